The molecule has 0 radical (unpaired) electrons. The van der Waals surface area contributed by atoms with Crippen molar-refractivity contribution < 1.29 is 4.79 Å². The standard InChI is InChI=1S/C9H10Cl2N2O/c1-12-9(14)5-13-6-2-3-7(10)8(11)4-6/h2-4,13H,5H2,1H3,(H,12,14). The van der Waals surface area contributed by atoms with Gasteiger partial charge in [-0.1, -0.05) is 23.2 Å². The summed E-state index contributed by atoms with van der Waals surface area (Å²) >= 11 is 11.5. The summed E-state index contributed by atoms with van der Waals surface area (Å²) in [5, 5.41) is 6.37. The highest BCUT2D eigenvalue weighted by atomic mass is 35.5. The van der Waals surface area contributed by atoms with Gasteiger partial charge in [-0.3, -0.25) is 4.79 Å². The maximum absolute atomic E-state index is 10.9. The van der Waals surface area contributed by atoms with Crippen LogP contribution in [0.1, 0.15) is 0 Å². The molecule has 0 fully saturated rings. The minimum absolute atomic E-state index is 0.0870. The van der Waals surface area contributed by atoms with E-state index in [2.05, 4.69) is 10.6 Å². The number of hydrogen-bond donors (Lipinski definition) is 2. The van der Waals surface area contributed by atoms with Crippen molar-refractivity contribution in [3.63, 3.8) is 0 Å². The number of carbonyl (C=O) groups is 1. The molecule has 76 valence electrons. The third-order valence-corrected chi connectivity index (χ3v) is 2.39. The second kappa shape index (κ2) is 5.08. The lowest BCUT2D eigenvalue weighted by Crippen LogP contribution is -2.26. The predicted octanol–water partition coefficient (Wildman–Crippen LogP) is 2.15. The smallest absolute Gasteiger partial charge is 0.239 e. The first kappa shape index (κ1) is 11.1. The molecule has 2 N–H and O–H groups in total. The average molecular weight is 233 g/mol. The van der Waals surface area contributed by atoms with E-state index in [1.165, 1.54) is 0 Å². The maximum atomic E-state index is 10.9. The van der Waals surface area contributed by atoms with Gasteiger partial charge in [-0.2, -0.15) is 0 Å². The zero-order valence-electron chi connectivity index (χ0n) is 7.60. The van der Waals surface area contributed by atoms with Crippen LogP contribution in [0, 0.1) is 0 Å². The number of benzene rings is 1. The van der Waals surface area contributed by atoms with Crippen LogP contribution in [0.5, 0.6) is 0 Å². The second-order valence-electron chi connectivity index (χ2n) is 2.66. The van der Waals surface area contributed by atoms with E-state index in [0.717, 1.165) is 5.69 Å². The van der Waals surface area contributed by atoms with Gasteiger partial charge in [-0.15, -0.1) is 0 Å². The molecular formula is C9H10Cl2N2O. The van der Waals surface area contributed by atoms with Crippen molar-refractivity contribution in [2.45, 2.75) is 0 Å². The zero-order valence-corrected chi connectivity index (χ0v) is 9.12. The molecule has 14 heavy (non-hydrogen) atoms. The van der Waals surface area contributed by atoms with Crippen LogP contribution >= 0.6 is 23.2 Å². The molecule has 0 unspecified atom stereocenters. The molecule has 0 heterocycles. The number of amides is 1. The maximum Gasteiger partial charge on any atom is 0.239 e. The van der Waals surface area contributed by atoms with Gasteiger partial charge < -0.3 is 10.6 Å². The van der Waals surface area contributed by atoms with E-state index >= 15 is 0 Å². The fraction of sp³-hybridized carbons (Fsp3) is 0.222. The summed E-state index contributed by atoms with van der Waals surface area (Å²) in [5.74, 6) is -0.0870. The van der Waals surface area contributed by atoms with E-state index in [1.54, 1.807) is 25.2 Å². The summed E-state index contributed by atoms with van der Waals surface area (Å²) in [6, 6.07) is 5.11. The molecule has 1 amide bonds. The molecule has 0 spiro atoms. The summed E-state index contributed by atoms with van der Waals surface area (Å²) < 4.78 is 0. The predicted molar refractivity (Wildman–Crippen MR) is 59.0 cm³/mol. The number of nitrogens with one attached hydrogen (secondary N) is 2. The molecule has 1 aromatic carbocycles. The fourth-order valence-electron chi connectivity index (χ4n) is 0.877. The average Bonchev–Trinajstić information content (AvgIpc) is 2.19. The van der Waals surface area contributed by atoms with Crippen molar-refractivity contribution in [1.29, 1.82) is 0 Å². The van der Waals surface area contributed by atoms with E-state index in [9.17, 15) is 4.79 Å². The lowest BCUT2D eigenvalue weighted by Gasteiger charge is -2.05. The minimum atomic E-state index is -0.0870. The Bertz CT molecular complexity index is 342. The third-order valence-electron chi connectivity index (χ3n) is 1.65. The van der Waals surface area contributed by atoms with Gasteiger partial charge >= 0.3 is 0 Å². The highest BCUT2D eigenvalue weighted by Crippen LogP contribution is 2.24. The van der Waals surface area contributed by atoms with Crippen LogP contribution in [-0.2, 0) is 4.79 Å². The SMILES string of the molecule is CNC(=O)CNc1ccc(Cl)c(Cl)c1. The molecule has 0 aromatic heterocycles. The van der Waals surface area contributed by atoms with Gasteiger partial charge in [0.15, 0.2) is 0 Å². The molecule has 0 saturated heterocycles. The van der Waals surface area contributed by atoms with Crippen molar-refractivity contribution in [2.24, 2.45) is 0 Å². The summed E-state index contributed by atoms with van der Waals surface area (Å²) in [7, 11) is 1.58. The fourth-order valence-corrected chi connectivity index (χ4v) is 1.17. The lowest BCUT2D eigenvalue weighted by atomic mass is 10.3. The van der Waals surface area contributed by atoms with E-state index < -0.39 is 0 Å². The monoisotopic (exact) mass is 232 g/mol. The molecule has 0 bridgehead atoms. The quantitative estimate of drug-likeness (QED) is 0.839. The molecule has 0 aliphatic heterocycles. The Morgan fingerprint density at radius 1 is 1.36 bits per heavy atom. The topological polar surface area (TPSA) is 41.1 Å². The number of halogens is 2. The van der Waals surface area contributed by atoms with Gasteiger partial charge in [0.2, 0.25) is 5.91 Å². The van der Waals surface area contributed by atoms with Gasteiger partial charge in [-0.05, 0) is 18.2 Å². The number of carbonyl (C=O) groups excluding carboxylic acids is 1. The van der Waals surface area contributed by atoms with Crippen LogP contribution in [0.4, 0.5) is 5.69 Å². The Kier molecular flexibility index (Phi) is 4.04. The van der Waals surface area contributed by atoms with Gasteiger partial charge in [0.1, 0.15) is 0 Å². The molecular weight excluding hydrogens is 223 g/mol. The van der Waals surface area contributed by atoms with E-state index in [-0.39, 0.29) is 12.5 Å². The summed E-state index contributed by atoms with van der Waals surface area (Å²) in [5.41, 5.74) is 0.767. The van der Waals surface area contributed by atoms with Crippen LogP contribution in [0.2, 0.25) is 10.0 Å². The Morgan fingerprint density at radius 2 is 2.07 bits per heavy atom. The third kappa shape index (κ3) is 3.09. The number of likely N-dealkylation sites (N-methyl/N-ethyl adjacent to an activating group) is 1. The molecule has 0 atom stereocenters. The first-order valence-electron chi connectivity index (χ1n) is 4.03. The Morgan fingerprint density at radius 3 is 2.64 bits per heavy atom. The Balaban J connectivity index is 2.60. The molecule has 1 rings (SSSR count). The normalized spacial score (nSPS) is 9.64. The van der Waals surface area contributed by atoms with Crippen molar-refractivity contribution in [1.82, 2.24) is 5.32 Å². The molecule has 0 saturated carbocycles. The minimum Gasteiger partial charge on any atom is -0.376 e. The van der Waals surface area contributed by atoms with Crippen LogP contribution < -0.4 is 10.6 Å². The molecule has 1 aromatic rings. The highest BCUT2D eigenvalue weighted by molar-refractivity contribution is 6.42. The first-order valence-corrected chi connectivity index (χ1v) is 4.78. The summed E-state index contributed by atoms with van der Waals surface area (Å²) in [6.45, 7) is 0.217. The number of anilines is 1. The Labute approximate surface area is 92.4 Å². The van der Waals surface area contributed by atoms with Crippen molar-refractivity contribution in [3.05, 3.63) is 28.2 Å². The number of hydrogen-bond acceptors (Lipinski definition) is 2. The van der Waals surface area contributed by atoms with Gasteiger partial charge in [0.25, 0.3) is 0 Å². The van der Waals surface area contributed by atoms with Crippen LogP contribution in [0.15, 0.2) is 18.2 Å². The van der Waals surface area contributed by atoms with Gasteiger partial charge in [-0.25, -0.2) is 0 Å². The Hall–Kier alpha value is -0.930. The summed E-state index contributed by atoms with van der Waals surface area (Å²) in [4.78, 5) is 10.9. The van der Waals surface area contributed by atoms with Crippen LogP contribution in [0.25, 0.3) is 0 Å². The summed E-state index contributed by atoms with van der Waals surface area (Å²) in [6.07, 6.45) is 0. The van der Waals surface area contributed by atoms with E-state index in [1.807, 2.05) is 0 Å². The molecule has 3 nitrogen and oxygen atoms in total. The van der Waals surface area contributed by atoms with Crippen molar-refractivity contribution >= 4 is 34.8 Å². The highest BCUT2D eigenvalue weighted by Gasteiger charge is 2.00. The van der Waals surface area contributed by atoms with Crippen molar-refractivity contribution in [2.75, 3.05) is 18.9 Å². The first-order chi connectivity index (χ1) is 6.63. The zero-order chi connectivity index (χ0) is 10.6. The molecule has 0 aliphatic rings. The van der Waals surface area contributed by atoms with E-state index in [4.69, 9.17) is 23.2 Å². The van der Waals surface area contributed by atoms with Crippen molar-refractivity contribution in [3.8, 4) is 0 Å². The number of rotatable bonds is 3. The van der Waals surface area contributed by atoms with Crippen LogP contribution in [0.3, 0.4) is 0 Å². The van der Waals surface area contributed by atoms with Gasteiger partial charge in [0, 0.05) is 12.7 Å². The molecule has 5 heteroatoms. The lowest BCUT2D eigenvalue weighted by molar-refractivity contribution is -0.118. The van der Waals surface area contributed by atoms with E-state index in [0.29, 0.717) is 10.0 Å². The largest absolute Gasteiger partial charge is 0.376 e. The molecule has 0 aliphatic carbocycles. The van der Waals surface area contributed by atoms with Crippen LogP contribution in [-0.4, -0.2) is 19.5 Å². The van der Waals surface area contributed by atoms with Gasteiger partial charge in [0.05, 0.1) is 16.6 Å². The second-order valence-corrected chi connectivity index (χ2v) is 3.47.